The fourth-order valence-electron chi connectivity index (χ4n) is 2.30. The first-order valence-corrected chi connectivity index (χ1v) is 8.24. The Morgan fingerprint density at radius 2 is 1.92 bits per heavy atom. The largest absolute Gasteiger partial charge is 0.487 e. The van der Waals surface area contributed by atoms with Crippen LogP contribution in [0.15, 0.2) is 72.9 Å². The summed E-state index contributed by atoms with van der Waals surface area (Å²) < 4.78 is 5.75. The lowest BCUT2D eigenvalue weighted by atomic mass is 10.2. The molecule has 1 aromatic heterocycles. The van der Waals surface area contributed by atoms with Gasteiger partial charge in [0.2, 0.25) is 0 Å². The van der Waals surface area contributed by atoms with Crippen molar-refractivity contribution < 1.29 is 9.53 Å². The van der Waals surface area contributed by atoms with Gasteiger partial charge in [-0.1, -0.05) is 35.9 Å². The van der Waals surface area contributed by atoms with Crippen LogP contribution in [0.4, 0.5) is 0 Å². The number of hydrogen-bond donors (Lipinski definition) is 1. The molecular formula is C20H17ClN2O2. The first-order valence-electron chi connectivity index (χ1n) is 7.86. The van der Waals surface area contributed by atoms with Gasteiger partial charge in [-0.3, -0.25) is 9.78 Å². The maximum absolute atomic E-state index is 12.2. The number of benzene rings is 2. The molecule has 25 heavy (non-hydrogen) atoms. The van der Waals surface area contributed by atoms with E-state index in [0.717, 1.165) is 17.0 Å². The van der Waals surface area contributed by atoms with Crippen molar-refractivity contribution in [2.45, 2.75) is 13.2 Å². The van der Waals surface area contributed by atoms with Crippen molar-refractivity contribution in [3.05, 3.63) is 94.8 Å². The van der Waals surface area contributed by atoms with E-state index in [9.17, 15) is 4.79 Å². The maximum atomic E-state index is 12.2. The quantitative estimate of drug-likeness (QED) is 0.721. The molecule has 1 amide bonds. The topological polar surface area (TPSA) is 51.2 Å². The first kappa shape index (κ1) is 17.0. The normalized spacial score (nSPS) is 10.3. The molecule has 0 saturated carbocycles. The molecule has 1 N–H and O–H groups in total. The number of nitrogens with zero attached hydrogens (tertiary/aromatic N) is 1. The molecule has 0 bridgehead atoms. The van der Waals surface area contributed by atoms with Gasteiger partial charge in [0.05, 0.1) is 5.69 Å². The highest BCUT2D eigenvalue weighted by Crippen LogP contribution is 2.15. The van der Waals surface area contributed by atoms with Crippen molar-refractivity contribution >= 4 is 17.5 Å². The molecule has 0 aliphatic rings. The fraction of sp³-hybridized carbons (Fsp3) is 0.100. The van der Waals surface area contributed by atoms with E-state index in [1.807, 2.05) is 42.5 Å². The Hall–Kier alpha value is -2.85. The molecular weight excluding hydrogens is 336 g/mol. The lowest BCUT2D eigenvalue weighted by molar-refractivity contribution is 0.0951. The number of hydrogen-bond acceptors (Lipinski definition) is 3. The number of carbonyl (C=O) groups excluding carboxylic acids is 1. The Bertz CT molecular complexity index is 853. The third kappa shape index (κ3) is 5.06. The molecule has 0 aliphatic heterocycles. The smallest absolute Gasteiger partial charge is 0.251 e. The van der Waals surface area contributed by atoms with Gasteiger partial charge in [0.25, 0.3) is 5.91 Å². The minimum atomic E-state index is -0.165. The average molecular weight is 353 g/mol. The van der Waals surface area contributed by atoms with Crippen LogP contribution >= 0.6 is 11.6 Å². The van der Waals surface area contributed by atoms with E-state index in [2.05, 4.69) is 10.3 Å². The van der Waals surface area contributed by atoms with Gasteiger partial charge in [0.15, 0.2) is 0 Å². The van der Waals surface area contributed by atoms with Crippen LogP contribution in [-0.2, 0) is 13.2 Å². The van der Waals surface area contributed by atoms with Crippen LogP contribution in [0.1, 0.15) is 21.6 Å². The minimum absolute atomic E-state index is 0.165. The van der Waals surface area contributed by atoms with E-state index in [4.69, 9.17) is 16.3 Å². The van der Waals surface area contributed by atoms with Gasteiger partial charge < -0.3 is 10.1 Å². The summed E-state index contributed by atoms with van der Waals surface area (Å²) in [5.74, 6) is 0.572. The highest BCUT2D eigenvalue weighted by atomic mass is 35.5. The summed E-state index contributed by atoms with van der Waals surface area (Å²) in [7, 11) is 0. The molecule has 0 aliphatic carbocycles. The van der Waals surface area contributed by atoms with Crippen molar-refractivity contribution in [1.82, 2.24) is 10.3 Å². The molecule has 4 nitrogen and oxygen atoms in total. The molecule has 2 aromatic carbocycles. The standard InChI is InChI=1S/C20H17ClN2O2/c21-17-7-4-6-16(12-17)20(24)23-13-15-5-3-9-19(11-15)25-14-18-8-1-2-10-22-18/h1-12H,13-14H2,(H,23,24). The van der Waals surface area contributed by atoms with Crippen molar-refractivity contribution in [3.8, 4) is 5.75 Å². The number of halogens is 1. The Morgan fingerprint density at radius 3 is 2.72 bits per heavy atom. The average Bonchev–Trinajstić information content (AvgIpc) is 2.66. The van der Waals surface area contributed by atoms with E-state index >= 15 is 0 Å². The number of rotatable bonds is 6. The van der Waals surface area contributed by atoms with Gasteiger partial charge in [-0.15, -0.1) is 0 Å². The van der Waals surface area contributed by atoms with Gasteiger partial charge in [-0.25, -0.2) is 0 Å². The molecule has 1 heterocycles. The molecule has 0 spiro atoms. The van der Waals surface area contributed by atoms with Crippen molar-refractivity contribution in [2.24, 2.45) is 0 Å². The summed E-state index contributed by atoms with van der Waals surface area (Å²) in [6.07, 6.45) is 1.74. The highest BCUT2D eigenvalue weighted by Gasteiger charge is 2.06. The lowest BCUT2D eigenvalue weighted by Gasteiger charge is -2.09. The zero-order chi connectivity index (χ0) is 17.5. The van der Waals surface area contributed by atoms with Gasteiger partial charge >= 0.3 is 0 Å². The van der Waals surface area contributed by atoms with E-state index < -0.39 is 0 Å². The molecule has 0 unspecified atom stereocenters. The van der Waals surface area contributed by atoms with E-state index in [1.165, 1.54) is 0 Å². The van der Waals surface area contributed by atoms with Crippen molar-refractivity contribution in [2.75, 3.05) is 0 Å². The zero-order valence-corrected chi connectivity index (χ0v) is 14.2. The predicted octanol–water partition coefficient (Wildman–Crippen LogP) is 4.24. The predicted molar refractivity (Wildman–Crippen MR) is 97.6 cm³/mol. The Balaban J connectivity index is 1.57. The summed E-state index contributed by atoms with van der Waals surface area (Å²) in [4.78, 5) is 16.4. The van der Waals surface area contributed by atoms with Gasteiger partial charge in [0.1, 0.15) is 12.4 Å². The first-order chi connectivity index (χ1) is 12.2. The Labute approximate surface area is 151 Å². The second-order valence-electron chi connectivity index (χ2n) is 5.45. The van der Waals surface area contributed by atoms with Crippen LogP contribution in [0, 0.1) is 0 Å². The minimum Gasteiger partial charge on any atom is -0.487 e. The number of nitrogens with one attached hydrogen (secondary N) is 1. The number of amides is 1. The summed E-state index contributed by atoms with van der Waals surface area (Å²) >= 11 is 5.91. The SMILES string of the molecule is O=C(NCc1cccc(OCc2ccccn2)c1)c1cccc(Cl)c1. The number of ether oxygens (including phenoxy) is 1. The molecule has 0 radical (unpaired) electrons. The second-order valence-corrected chi connectivity index (χ2v) is 5.89. The summed E-state index contributed by atoms with van der Waals surface area (Å²) in [5, 5.41) is 3.42. The van der Waals surface area contributed by atoms with E-state index in [-0.39, 0.29) is 5.91 Å². The second kappa shape index (κ2) is 8.31. The number of pyridine rings is 1. The van der Waals surface area contributed by atoms with Crippen LogP contribution in [-0.4, -0.2) is 10.9 Å². The van der Waals surface area contributed by atoms with Gasteiger partial charge in [-0.2, -0.15) is 0 Å². The number of carbonyl (C=O) groups is 1. The van der Waals surface area contributed by atoms with Gasteiger partial charge in [-0.05, 0) is 48.0 Å². The molecule has 3 rings (SSSR count). The maximum Gasteiger partial charge on any atom is 0.251 e. The van der Waals surface area contributed by atoms with Crippen LogP contribution in [0.3, 0.4) is 0 Å². The van der Waals surface area contributed by atoms with Crippen LogP contribution in [0.5, 0.6) is 5.75 Å². The summed E-state index contributed by atoms with van der Waals surface area (Å²) in [6.45, 7) is 0.811. The zero-order valence-electron chi connectivity index (χ0n) is 13.5. The van der Waals surface area contributed by atoms with Crippen LogP contribution in [0.2, 0.25) is 5.02 Å². The summed E-state index contributed by atoms with van der Waals surface area (Å²) in [6, 6.07) is 20.2. The van der Waals surface area contributed by atoms with Gasteiger partial charge in [0, 0.05) is 23.3 Å². The van der Waals surface area contributed by atoms with E-state index in [1.54, 1.807) is 30.5 Å². The Kier molecular flexibility index (Phi) is 5.65. The van der Waals surface area contributed by atoms with Crippen LogP contribution < -0.4 is 10.1 Å². The molecule has 0 saturated heterocycles. The molecule has 0 atom stereocenters. The third-order valence-electron chi connectivity index (χ3n) is 3.55. The van der Waals surface area contributed by atoms with E-state index in [0.29, 0.717) is 23.7 Å². The highest BCUT2D eigenvalue weighted by molar-refractivity contribution is 6.30. The van der Waals surface area contributed by atoms with Crippen LogP contribution in [0.25, 0.3) is 0 Å². The summed E-state index contributed by atoms with van der Waals surface area (Å²) in [5.41, 5.74) is 2.35. The lowest BCUT2D eigenvalue weighted by Crippen LogP contribution is -2.22. The van der Waals surface area contributed by atoms with Crippen molar-refractivity contribution in [1.29, 1.82) is 0 Å². The monoisotopic (exact) mass is 352 g/mol. The molecule has 0 fully saturated rings. The van der Waals surface area contributed by atoms with Crippen molar-refractivity contribution in [3.63, 3.8) is 0 Å². The molecule has 3 aromatic rings. The third-order valence-corrected chi connectivity index (χ3v) is 3.79. The molecule has 5 heteroatoms. The number of aromatic nitrogens is 1. The fourth-order valence-corrected chi connectivity index (χ4v) is 2.49. The Morgan fingerprint density at radius 1 is 1.04 bits per heavy atom. The molecule has 126 valence electrons.